The summed E-state index contributed by atoms with van der Waals surface area (Å²) in [7, 11) is 0. The molecule has 0 aliphatic heterocycles. The summed E-state index contributed by atoms with van der Waals surface area (Å²) in [4.78, 5) is 13.3. The number of nitrogens with zero attached hydrogens (tertiary/aromatic N) is 3. The normalized spacial score (nSPS) is 10.6. The molecule has 0 bridgehead atoms. The fourth-order valence-electron chi connectivity index (χ4n) is 2.36. The maximum Gasteiger partial charge on any atom is 0.178 e. The largest absolute Gasteiger partial charge is 0.253 e. The van der Waals surface area contributed by atoms with E-state index in [9.17, 15) is 0 Å². The second-order valence-corrected chi connectivity index (χ2v) is 5.14. The Bertz CT molecular complexity index is 766. The molecule has 0 amide bonds. The molecule has 0 aliphatic carbocycles. The number of pyridine rings is 1. The second kappa shape index (κ2) is 5.83. The molecule has 2 aromatic heterocycles. The maximum absolute atomic E-state index is 4.49. The third-order valence-corrected chi connectivity index (χ3v) is 3.54. The van der Waals surface area contributed by atoms with Crippen molar-refractivity contribution in [3.63, 3.8) is 0 Å². The molecule has 0 atom stereocenters. The number of aromatic nitrogens is 3. The lowest BCUT2D eigenvalue weighted by molar-refractivity contribution is 1.06. The molecule has 3 rings (SSSR count). The zero-order chi connectivity index (χ0) is 14.7. The van der Waals surface area contributed by atoms with Crippen molar-refractivity contribution in [2.75, 3.05) is 0 Å². The van der Waals surface area contributed by atoms with Crippen molar-refractivity contribution >= 4 is 0 Å². The summed E-state index contributed by atoms with van der Waals surface area (Å²) in [6.45, 7) is 4.10. The van der Waals surface area contributed by atoms with E-state index in [1.165, 1.54) is 11.1 Å². The first kappa shape index (κ1) is 13.4. The Balaban J connectivity index is 2.03. The Hall–Kier alpha value is -2.55. The van der Waals surface area contributed by atoms with Crippen LogP contribution in [-0.4, -0.2) is 15.0 Å². The number of rotatable bonds is 3. The average Bonchev–Trinajstić information content (AvgIpc) is 2.50. The van der Waals surface area contributed by atoms with Crippen molar-refractivity contribution in [3.05, 3.63) is 77.2 Å². The van der Waals surface area contributed by atoms with Gasteiger partial charge in [0.05, 0.1) is 0 Å². The maximum atomic E-state index is 4.49. The van der Waals surface area contributed by atoms with Gasteiger partial charge < -0.3 is 0 Å². The Kier molecular flexibility index (Phi) is 3.73. The first-order chi connectivity index (χ1) is 10.2. The van der Waals surface area contributed by atoms with Crippen molar-refractivity contribution in [1.29, 1.82) is 0 Å². The van der Waals surface area contributed by atoms with Gasteiger partial charge in [-0.25, -0.2) is 9.97 Å². The molecule has 0 radical (unpaired) electrons. The summed E-state index contributed by atoms with van der Waals surface area (Å²) in [5, 5.41) is 0. The number of hydrogen-bond donors (Lipinski definition) is 0. The van der Waals surface area contributed by atoms with Gasteiger partial charge in [0.2, 0.25) is 0 Å². The van der Waals surface area contributed by atoms with Gasteiger partial charge >= 0.3 is 0 Å². The van der Waals surface area contributed by atoms with E-state index in [-0.39, 0.29) is 0 Å². The molecule has 3 aromatic rings. The molecular formula is C18H17N3. The molecule has 3 heteroatoms. The summed E-state index contributed by atoms with van der Waals surface area (Å²) in [6, 6.07) is 14.4. The number of benzene rings is 1. The van der Waals surface area contributed by atoms with E-state index < -0.39 is 0 Å². The third kappa shape index (κ3) is 2.97. The van der Waals surface area contributed by atoms with Crippen LogP contribution >= 0.6 is 0 Å². The average molecular weight is 275 g/mol. The lowest BCUT2D eigenvalue weighted by Crippen LogP contribution is -2.00. The van der Waals surface area contributed by atoms with Gasteiger partial charge in [0, 0.05) is 18.1 Å². The number of hydrogen-bond acceptors (Lipinski definition) is 3. The predicted octanol–water partition coefficient (Wildman–Crippen LogP) is 3.75. The zero-order valence-electron chi connectivity index (χ0n) is 12.2. The second-order valence-electron chi connectivity index (χ2n) is 5.14. The van der Waals surface area contributed by atoms with Crippen LogP contribution in [0.25, 0.3) is 11.5 Å². The molecular weight excluding hydrogens is 258 g/mol. The van der Waals surface area contributed by atoms with E-state index in [4.69, 9.17) is 0 Å². The predicted molar refractivity (Wildman–Crippen MR) is 84.0 cm³/mol. The van der Waals surface area contributed by atoms with E-state index >= 15 is 0 Å². The van der Waals surface area contributed by atoms with Crippen LogP contribution in [0.3, 0.4) is 0 Å². The fourth-order valence-corrected chi connectivity index (χ4v) is 2.36. The van der Waals surface area contributed by atoms with Gasteiger partial charge in [-0.15, -0.1) is 0 Å². The Labute approximate surface area is 124 Å². The topological polar surface area (TPSA) is 38.7 Å². The molecule has 0 fully saturated rings. The molecule has 0 spiro atoms. The molecule has 0 saturated carbocycles. The highest BCUT2D eigenvalue weighted by molar-refractivity contribution is 5.56. The van der Waals surface area contributed by atoms with Gasteiger partial charge in [-0.2, -0.15) is 0 Å². The SMILES string of the molecule is Cc1ccnc(-c2ncccc2Cc2ccccc2C)n1. The van der Waals surface area contributed by atoms with Crippen LogP contribution in [0.4, 0.5) is 0 Å². The van der Waals surface area contributed by atoms with E-state index in [0.29, 0.717) is 5.82 Å². The first-order valence-corrected chi connectivity index (χ1v) is 7.02. The van der Waals surface area contributed by atoms with Gasteiger partial charge in [-0.1, -0.05) is 30.3 Å². The first-order valence-electron chi connectivity index (χ1n) is 7.02. The Morgan fingerprint density at radius 2 is 1.62 bits per heavy atom. The molecule has 1 aromatic carbocycles. The van der Waals surface area contributed by atoms with Crippen LogP contribution in [0.5, 0.6) is 0 Å². The lowest BCUT2D eigenvalue weighted by atomic mass is 9.99. The summed E-state index contributed by atoms with van der Waals surface area (Å²) in [5.74, 6) is 0.694. The summed E-state index contributed by atoms with van der Waals surface area (Å²) in [6.07, 6.45) is 4.42. The van der Waals surface area contributed by atoms with Crippen molar-refractivity contribution in [2.45, 2.75) is 20.3 Å². The molecule has 0 saturated heterocycles. The van der Waals surface area contributed by atoms with E-state index in [2.05, 4.69) is 52.2 Å². The number of aryl methyl sites for hydroxylation is 2. The molecule has 2 heterocycles. The highest BCUT2D eigenvalue weighted by Gasteiger charge is 2.10. The van der Waals surface area contributed by atoms with Crippen LogP contribution in [0, 0.1) is 13.8 Å². The smallest absolute Gasteiger partial charge is 0.178 e. The minimum atomic E-state index is 0.694. The lowest BCUT2D eigenvalue weighted by Gasteiger charge is -2.09. The van der Waals surface area contributed by atoms with Crippen molar-refractivity contribution < 1.29 is 0 Å². The Morgan fingerprint density at radius 3 is 2.43 bits per heavy atom. The minimum absolute atomic E-state index is 0.694. The van der Waals surface area contributed by atoms with E-state index in [1.54, 1.807) is 12.4 Å². The quantitative estimate of drug-likeness (QED) is 0.730. The molecule has 104 valence electrons. The minimum Gasteiger partial charge on any atom is -0.253 e. The Morgan fingerprint density at radius 1 is 0.810 bits per heavy atom. The van der Waals surface area contributed by atoms with Crippen LogP contribution in [0.1, 0.15) is 22.4 Å². The molecule has 3 nitrogen and oxygen atoms in total. The van der Waals surface area contributed by atoms with Crippen molar-refractivity contribution in [1.82, 2.24) is 15.0 Å². The van der Waals surface area contributed by atoms with Gasteiger partial charge in [-0.3, -0.25) is 4.98 Å². The van der Waals surface area contributed by atoms with Crippen molar-refractivity contribution in [2.24, 2.45) is 0 Å². The van der Waals surface area contributed by atoms with Crippen LogP contribution < -0.4 is 0 Å². The van der Waals surface area contributed by atoms with E-state index in [0.717, 1.165) is 23.4 Å². The zero-order valence-corrected chi connectivity index (χ0v) is 12.2. The van der Waals surface area contributed by atoms with Gasteiger partial charge in [0.15, 0.2) is 5.82 Å². The van der Waals surface area contributed by atoms with Crippen LogP contribution in [0.15, 0.2) is 54.9 Å². The van der Waals surface area contributed by atoms with Crippen LogP contribution in [0.2, 0.25) is 0 Å². The van der Waals surface area contributed by atoms with Gasteiger partial charge in [-0.05, 0) is 49.1 Å². The van der Waals surface area contributed by atoms with Crippen LogP contribution in [-0.2, 0) is 6.42 Å². The summed E-state index contributed by atoms with van der Waals surface area (Å²) >= 11 is 0. The third-order valence-electron chi connectivity index (χ3n) is 3.54. The highest BCUT2D eigenvalue weighted by atomic mass is 14.9. The summed E-state index contributed by atoms with van der Waals surface area (Å²) in [5.41, 5.74) is 5.56. The van der Waals surface area contributed by atoms with E-state index in [1.807, 2.05) is 19.1 Å². The van der Waals surface area contributed by atoms with Gasteiger partial charge in [0.25, 0.3) is 0 Å². The van der Waals surface area contributed by atoms with Crippen molar-refractivity contribution in [3.8, 4) is 11.5 Å². The molecule has 0 aliphatic rings. The fraction of sp³-hybridized carbons (Fsp3) is 0.167. The molecule has 0 unspecified atom stereocenters. The highest BCUT2D eigenvalue weighted by Crippen LogP contribution is 2.21. The van der Waals surface area contributed by atoms with Gasteiger partial charge in [0.1, 0.15) is 5.69 Å². The molecule has 0 N–H and O–H groups in total. The summed E-state index contributed by atoms with van der Waals surface area (Å²) < 4.78 is 0. The molecule has 21 heavy (non-hydrogen) atoms. The monoisotopic (exact) mass is 275 g/mol. The standard InChI is InChI=1S/C18H17N3/c1-13-6-3-4-7-15(13)12-16-8-5-10-19-17(16)18-20-11-9-14(2)21-18/h3-11H,12H2,1-2H3.